The van der Waals surface area contributed by atoms with Gasteiger partial charge in [-0.15, -0.1) is 0 Å². The quantitative estimate of drug-likeness (QED) is 0.757. The van der Waals surface area contributed by atoms with Crippen molar-refractivity contribution in [3.63, 3.8) is 0 Å². The first-order chi connectivity index (χ1) is 6.54. The Hall–Kier alpha value is -1.42. The minimum absolute atomic E-state index is 0.0370. The summed E-state index contributed by atoms with van der Waals surface area (Å²) in [6.07, 6.45) is -1.22. The molecule has 4 heteroatoms. The lowest BCUT2D eigenvalue weighted by atomic mass is 10.1. The van der Waals surface area contributed by atoms with Gasteiger partial charge >= 0.3 is 0 Å². The van der Waals surface area contributed by atoms with E-state index in [1.165, 1.54) is 7.11 Å². The van der Waals surface area contributed by atoms with E-state index in [0.29, 0.717) is 0 Å². The van der Waals surface area contributed by atoms with Crippen LogP contribution < -0.4 is 0 Å². The molecule has 0 aliphatic heterocycles. The average Bonchev–Trinajstić information content (AvgIpc) is 2.14. The highest BCUT2D eigenvalue weighted by atomic mass is 19.1. The van der Waals surface area contributed by atoms with Gasteiger partial charge in [-0.2, -0.15) is 0 Å². The summed E-state index contributed by atoms with van der Waals surface area (Å²) in [5.41, 5.74) is 0.0781. The number of hydrogen-bond donors (Lipinski definition) is 1. The van der Waals surface area contributed by atoms with Crippen LogP contribution in [0.1, 0.15) is 11.7 Å². The van der Waals surface area contributed by atoms with Crippen molar-refractivity contribution in [2.75, 3.05) is 7.11 Å². The molecule has 1 atom stereocenters. The lowest BCUT2D eigenvalue weighted by Crippen LogP contribution is -2.03. The number of halogens is 2. The van der Waals surface area contributed by atoms with Crippen molar-refractivity contribution < 1.29 is 18.6 Å². The number of rotatable bonds is 3. The molecule has 0 aromatic heterocycles. The maximum Gasteiger partial charge on any atom is 0.136 e. The van der Waals surface area contributed by atoms with E-state index >= 15 is 0 Å². The Bertz CT molecular complexity index is 330. The number of aliphatic hydroxyl groups is 1. The second kappa shape index (κ2) is 4.19. The molecule has 0 spiro atoms. The molecule has 14 heavy (non-hydrogen) atoms. The largest absolute Gasteiger partial charge is 0.499 e. The molecular weight excluding hydrogens is 190 g/mol. The summed E-state index contributed by atoms with van der Waals surface area (Å²) in [6.45, 7) is 3.39. The zero-order valence-electron chi connectivity index (χ0n) is 7.63. The number of methoxy groups -OCH3 is 1. The SMILES string of the molecule is C=C(OC)C(O)c1cc(F)cc(F)c1. The van der Waals surface area contributed by atoms with Gasteiger partial charge in [-0.1, -0.05) is 6.58 Å². The van der Waals surface area contributed by atoms with Crippen LogP contribution in [0.25, 0.3) is 0 Å². The zero-order chi connectivity index (χ0) is 10.7. The third kappa shape index (κ3) is 2.29. The topological polar surface area (TPSA) is 29.5 Å². The molecule has 2 nitrogen and oxygen atoms in total. The summed E-state index contributed by atoms with van der Waals surface area (Å²) < 4.78 is 30.1. The van der Waals surface area contributed by atoms with Gasteiger partial charge in [-0.05, 0) is 17.7 Å². The number of hydrogen-bond acceptors (Lipinski definition) is 2. The predicted molar refractivity (Wildman–Crippen MR) is 47.5 cm³/mol. The van der Waals surface area contributed by atoms with Crippen molar-refractivity contribution in [2.45, 2.75) is 6.10 Å². The first-order valence-corrected chi connectivity index (χ1v) is 3.91. The highest BCUT2D eigenvalue weighted by Crippen LogP contribution is 2.22. The van der Waals surface area contributed by atoms with Crippen molar-refractivity contribution >= 4 is 0 Å². The molecule has 0 aliphatic carbocycles. The molecule has 1 N–H and O–H groups in total. The van der Waals surface area contributed by atoms with Gasteiger partial charge in [0.2, 0.25) is 0 Å². The van der Waals surface area contributed by atoms with E-state index in [-0.39, 0.29) is 11.3 Å². The van der Waals surface area contributed by atoms with Gasteiger partial charge in [-0.3, -0.25) is 0 Å². The zero-order valence-corrected chi connectivity index (χ0v) is 7.63. The summed E-state index contributed by atoms with van der Waals surface area (Å²) in [5, 5.41) is 9.48. The minimum atomic E-state index is -1.22. The molecule has 1 rings (SSSR count). The smallest absolute Gasteiger partial charge is 0.136 e. The fourth-order valence-corrected chi connectivity index (χ4v) is 1.03. The van der Waals surface area contributed by atoms with Gasteiger partial charge in [0.15, 0.2) is 0 Å². The molecule has 1 aromatic carbocycles. The monoisotopic (exact) mass is 200 g/mol. The second-order valence-electron chi connectivity index (χ2n) is 2.78. The molecule has 0 aliphatic rings. The Morgan fingerprint density at radius 3 is 2.29 bits per heavy atom. The Labute approximate surface area is 80.4 Å². The Balaban J connectivity index is 3.00. The van der Waals surface area contributed by atoms with Gasteiger partial charge < -0.3 is 9.84 Å². The fourth-order valence-electron chi connectivity index (χ4n) is 1.03. The van der Waals surface area contributed by atoms with Crippen LogP contribution in [0.3, 0.4) is 0 Å². The van der Waals surface area contributed by atoms with Crippen LogP contribution in [-0.4, -0.2) is 12.2 Å². The molecule has 0 saturated heterocycles. The first kappa shape index (κ1) is 10.7. The van der Waals surface area contributed by atoms with E-state index in [1.54, 1.807) is 0 Å². The summed E-state index contributed by atoms with van der Waals surface area (Å²) in [4.78, 5) is 0. The van der Waals surface area contributed by atoms with Crippen molar-refractivity contribution in [2.24, 2.45) is 0 Å². The van der Waals surface area contributed by atoms with Crippen LogP contribution in [0.2, 0.25) is 0 Å². The average molecular weight is 200 g/mol. The van der Waals surface area contributed by atoms with Crippen molar-refractivity contribution in [3.8, 4) is 0 Å². The second-order valence-corrected chi connectivity index (χ2v) is 2.78. The highest BCUT2D eigenvalue weighted by Gasteiger charge is 2.13. The van der Waals surface area contributed by atoms with Gasteiger partial charge in [0, 0.05) is 6.07 Å². The predicted octanol–water partition coefficient (Wildman–Crippen LogP) is 2.16. The van der Waals surface area contributed by atoms with Crippen LogP contribution in [-0.2, 0) is 4.74 Å². The fraction of sp³-hybridized carbons (Fsp3) is 0.200. The summed E-state index contributed by atoms with van der Waals surface area (Å²) in [7, 11) is 1.32. The van der Waals surface area contributed by atoms with Gasteiger partial charge in [0.05, 0.1) is 7.11 Å². The minimum Gasteiger partial charge on any atom is -0.499 e. The third-order valence-corrected chi connectivity index (χ3v) is 1.77. The van der Waals surface area contributed by atoms with E-state index in [0.717, 1.165) is 18.2 Å². The summed E-state index contributed by atoms with van der Waals surface area (Å²) in [6, 6.07) is 2.78. The van der Waals surface area contributed by atoms with Gasteiger partial charge in [0.25, 0.3) is 0 Å². The molecule has 0 fully saturated rings. The van der Waals surface area contributed by atoms with Crippen LogP contribution in [0.5, 0.6) is 0 Å². The summed E-state index contributed by atoms with van der Waals surface area (Å²) >= 11 is 0. The highest BCUT2D eigenvalue weighted by molar-refractivity contribution is 5.24. The van der Waals surface area contributed by atoms with E-state index < -0.39 is 17.7 Å². The van der Waals surface area contributed by atoms with Crippen LogP contribution >= 0.6 is 0 Å². The Morgan fingerprint density at radius 1 is 1.36 bits per heavy atom. The third-order valence-electron chi connectivity index (χ3n) is 1.77. The van der Waals surface area contributed by atoms with E-state index in [1.807, 2.05) is 0 Å². The van der Waals surface area contributed by atoms with Gasteiger partial charge in [0.1, 0.15) is 23.5 Å². The van der Waals surface area contributed by atoms with Crippen LogP contribution in [0, 0.1) is 11.6 Å². The molecule has 0 heterocycles. The van der Waals surface area contributed by atoms with Crippen LogP contribution in [0.15, 0.2) is 30.5 Å². The molecular formula is C10H10F2O2. The standard InChI is InChI=1S/C10H10F2O2/c1-6(14-2)10(13)7-3-8(11)5-9(12)4-7/h3-5,10,13H,1H2,2H3. The van der Waals surface area contributed by atoms with E-state index in [9.17, 15) is 13.9 Å². The lowest BCUT2D eigenvalue weighted by Gasteiger charge is -2.12. The number of benzene rings is 1. The van der Waals surface area contributed by atoms with E-state index in [2.05, 4.69) is 11.3 Å². The number of aliphatic hydroxyl groups excluding tert-OH is 1. The summed E-state index contributed by atoms with van der Waals surface area (Å²) in [5.74, 6) is -1.46. The first-order valence-electron chi connectivity index (χ1n) is 3.91. The maximum atomic E-state index is 12.7. The lowest BCUT2D eigenvalue weighted by molar-refractivity contribution is 0.130. The number of ether oxygens (including phenoxy) is 1. The molecule has 76 valence electrons. The van der Waals surface area contributed by atoms with Gasteiger partial charge in [-0.25, -0.2) is 8.78 Å². The van der Waals surface area contributed by atoms with Crippen molar-refractivity contribution in [1.82, 2.24) is 0 Å². The molecule has 0 bridgehead atoms. The molecule has 0 radical (unpaired) electrons. The Morgan fingerprint density at radius 2 is 1.86 bits per heavy atom. The van der Waals surface area contributed by atoms with Crippen molar-refractivity contribution in [3.05, 3.63) is 47.7 Å². The molecule has 0 saturated carbocycles. The Kier molecular flexibility index (Phi) is 3.19. The van der Waals surface area contributed by atoms with E-state index in [4.69, 9.17) is 0 Å². The molecule has 1 unspecified atom stereocenters. The molecule has 1 aromatic rings. The van der Waals surface area contributed by atoms with Crippen molar-refractivity contribution in [1.29, 1.82) is 0 Å². The maximum absolute atomic E-state index is 12.7. The molecule has 0 amide bonds. The van der Waals surface area contributed by atoms with Crippen LogP contribution in [0.4, 0.5) is 8.78 Å². The normalized spacial score (nSPS) is 12.3.